The summed E-state index contributed by atoms with van der Waals surface area (Å²) in [7, 11) is 0. The molecule has 11 heavy (non-hydrogen) atoms. The Labute approximate surface area is 67.5 Å². The van der Waals surface area contributed by atoms with Crippen LogP contribution in [0.2, 0.25) is 0 Å². The van der Waals surface area contributed by atoms with Gasteiger partial charge in [-0.05, 0) is 43.2 Å². The van der Waals surface area contributed by atoms with Gasteiger partial charge in [0.25, 0.3) is 0 Å². The summed E-state index contributed by atoms with van der Waals surface area (Å²) in [5, 5.41) is 0. The second-order valence-corrected chi connectivity index (χ2v) is 3.09. The van der Waals surface area contributed by atoms with Gasteiger partial charge in [-0.25, -0.2) is 0 Å². The first kappa shape index (κ1) is 6.84. The predicted molar refractivity (Wildman–Crippen MR) is 45.1 cm³/mol. The Hall–Kier alpha value is -0.850. The van der Waals surface area contributed by atoms with Crippen LogP contribution in [-0.4, -0.2) is 4.98 Å². The maximum absolute atomic E-state index is 4.12. The summed E-state index contributed by atoms with van der Waals surface area (Å²) in [5.41, 5.74) is 1.40. The molecule has 0 amide bonds. The molecular formula is C10H12N. The maximum Gasteiger partial charge on any atom is 0.0302 e. The molecule has 0 spiro atoms. The molecule has 1 heteroatoms. The van der Waals surface area contributed by atoms with E-state index < -0.39 is 0 Å². The van der Waals surface area contributed by atoms with Crippen LogP contribution in [0.5, 0.6) is 0 Å². The van der Waals surface area contributed by atoms with Gasteiger partial charge >= 0.3 is 0 Å². The van der Waals surface area contributed by atoms with Crippen molar-refractivity contribution in [1.29, 1.82) is 0 Å². The average Bonchev–Trinajstić information content (AvgIpc) is 2.58. The molecule has 1 aromatic rings. The van der Waals surface area contributed by atoms with Gasteiger partial charge in [0.2, 0.25) is 0 Å². The molecule has 0 aromatic carbocycles. The minimum atomic E-state index is 0.753. The average molecular weight is 146 g/mol. The highest BCUT2D eigenvalue weighted by atomic mass is 14.6. The summed E-state index contributed by atoms with van der Waals surface area (Å²) < 4.78 is 0. The van der Waals surface area contributed by atoms with Crippen LogP contribution in [0.3, 0.4) is 0 Å². The Morgan fingerprint density at radius 3 is 3.09 bits per heavy atom. The fraction of sp³-hybridized carbons (Fsp3) is 0.400. The van der Waals surface area contributed by atoms with Crippen molar-refractivity contribution in [2.45, 2.75) is 25.2 Å². The fourth-order valence-corrected chi connectivity index (χ4v) is 1.68. The second-order valence-electron chi connectivity index (χ2n) is 3.09. The van der Waals surface area contributed by atoms with Gasteiger partial charge in [-0.3, -0.25) is 4.98 Å². The van der Waals surface area contributed by atoms with Gasteiger partial charge in [0.05, 0.1) is 0 Å². The zero-order valence-corrected chi connectivity index (χ0v) is 6.53. The molecule has 1 aliphatic rings. The molecule has 1 nitrogen and oxygen atoms in total. The molecule has 0 saturated heterocycles. The quantitative estimate of drug-likeness (QED) is 0.593. The molecule has 0 N–H and O–H groups in total. The van der Waals surface area contributed by atoms with Crippen molar-refractivity contribution in [1.82, 2.24) is 4.98 Å². The number of hydrogen-bond acceptors (Lipinski definition) is 1. The normalized spacial score (nSPS) is 18.9. The highest BCUT2D eigenvalue weighted by molar-refractivity contribution is 5.16. The van der Waals surface area contributed by atoms with Gasteiger partial charge in [0.15, 0.2) is 0 Å². The summed E-state index contributed by atoms with van der Waals surface area (Å²) in [6, 6.07) is 4.20. The van der Waals surface area contributed by atoms with Crippen LogP contribution in [0.15, 0.2) is 24.5 Å². The number of hydrogen-bond donors (Lipinski definition) is 0. The smallest absolute Gasteiger partial charge is 0.0302 e. The molecule has 1 atom stereocenters. The molecule has 1 radical (unpaired) electrons. The van der Waals surface area contributed by atoms with E-state index in [1.807, 2.05) is 18.5 Å². The van der Waals surface area contributed by atoms with Gasteiger partial charge in [-0.15, -0.1) is 0 Å². The van der Waals surface area contributed by atoms with E-state index in [1.165, 1.54) is 24.8 Å². The Kier molecular flexibility index (Phi) is 1.89. The van der Waals surface area contributed by atoms with E-state index in [2.05, 4.69) is 17.5 Å². The fourth-order valence-electron chi connectivity index (χ4n) is 1.68. The third-order valence-electron chi connectivity index (χ3n) is 2.33. The predicted octanol–water partition coefficient (Wildman–Crippen LogP) is 2.55. The minimum absolute atomic E-state index is 0.753. The van der Waals surface area contributed by atoms with E-state index in [9.17, 15) is 0 Å². The van der Waals surface area contributed by atoms with Gasteiger partial charge in [-0.2, -0.15) is 0 Å². The molecule has 2 rings (SSSR count). The third-order valence-corrected chi connectivity index (χ3v) is 2.33. The largest absolute Gasteiger partial charge is 0.264 e. The minimum Gasteiger partial charge on any atom is -0.264 e. The summed E-state index contributed by atoms with van der Waals surface area (Å²) in [6.07, 6.45) is 10.0. The van der Waals surface area contributed by atoms with Crippen LogP contribution in [-0.2, 0) is 0 Å². The lowest BCUT2D eigenvalue weighted by molar-refractivity contribution is 0.726. The number of rotatable bonds is 1. The van der Waals surface area contributed by atoms with Crippen LogP contribution < -0.4 is 0 Å². The van der Waals surface area contributed by atoms with E-state index in [1.54, 1.807) is 0 Å². The summed E-state index contributed by atoms with van der Waals surface area (Å²) in [6.45, 7) is 0. The van der Waals surface area contributed by atoms with Crippen LogP contribution >= 0.6 is 0 Å². The molecule has 1 heterocycles. The summed E-state index contributed by atoms with van der Waals surface area (Å²) >= 11 is 0. The molecule has 1 aliphatic carbocycles. The molecule has 1 fully saturated rings. The van der Waals surface area contributed by atoms with E-state index in [0.29, 0.717) is 0 Å². The van der Waals surface area contributed by atoms with Crippen LogP contribution in [0.1, 0.15) is 30.7 Å². The molecule has 1 aromatic heterocycles. The monoisotopic (exact) mass is 146 g/mol. The van der Waals surface area contributed by atoms with Crippen molar-refractivity contribution < 1.29 is 0 Å². The zero-order valence-electron chi connectivity index (χ0n) is 6.53. The van der Waals surface area contributed by atoms with Crippen molar-refractivity contribution in [3.05, 3.63) is 36.5 Å². The first-order valence-electron chi connectivity index (χ1n) is 4.18. The van der Waals surface area contributed by atoms with E-state index in [4.69, 9.17) is 0 Å². The molecule has 1 saturated carbocycles. The zero-order chi connectivity index (χ0) is 7.52. The third kappa shape index (κ3) is 1.42. The van der Waals surface area contributed by atoms with Gasteiger partial charge < -0.3 is 0 Å². The lowest BCUT2D eigenvalue weighted by Crippen LogP contribution is -1.91. The highest BCUT2D eigenvalue weighted by Crippen LogP contribution is 2.32. The van der Waals surface area contributed by atoms with Crippen molar-refractivity contribution >= 4 is 0 Å². The Balaban J connectivity index is 2.16. The van der Waals surface area contributed by atoms with Crippen molar-refractivity contribution in [2.24, 2.45) is 0 Å². The Morgan fingerprint density at radius 2 is 2.45 bits per heavy atom. The van der Waals surface area contributed by atoms with Gasteiger partial charge in [0.1, 0.15) is 0 Å². The number of nitrogens with zero attached hydrogens (tertiary/aromatic N) is 1. The van der Waals surface area contributed by atoms with Crippen molar-refractivity contribution in [3.8, 4) is 0 Å². The summed E-state index contributed by atoms with van der Waals surface area (Å²) in [4.78, 5) is 4.12. The molecule has 0 bridgehead atoms. The maximum atomic E-state index is 4.12. The van der Waals surface area contributed by atoms with E-state index in [-0.39, 0.29) is 0 Å². The number of pyridine rings is 1. The first-order chi connectivity index (χ1) is 5.47. The molecule has 0 aliphatic heterocycles. The topological polar surface area (TPSA) is 12.9 Å². The van der Waals surface area contributed by atoms with Gasteiger partial charge in [0, 0.05) is 12.4 Å². The summed E-state index contributed by atoms with van der Waals surface area (Å²) in [5.74, 6) is 0.753. The highest BCUT2D eigenvalue weighted by Gasteiger charge is 2.16. The van der Waals surface area contributed by atoms with Crippen LogP contribution in [0.25, 0.3) is 0 Å². The molecule has 1 unspecified atom stereocenters. The molecule has 57 valence electrons. The lowest BCUT2D eigenvalue weighted by atomic mass is 10.00. The Morgan fingerprint density at radius 1 is 1.45 bits per heavy atom. The second kappa shape index (κ2) is 3.04. The SMILES string of the molecule is [CH]1CCC(c2cccnc2)C1. The lowest BCUT2D eigenvalue weighted by Gasteiger charge is -2.06. The Bertz CT molecular complexity index is 212. The van der Waals surface area contributed by atoms with Crippen LogP contribution in [0.4, 0.5) is 0 Å². The number of aromatic nitrogens is 1. The van der Waals surface area contributed by atoms with Crippen molar-refractivity contribution in [2.75, 3.05) is 0 Å². The van der Waals surface area contributed by atoms with E-state index in [0.717, 1.165) is 5.92 Å². The van der Waals surface area contributed by atoms with Crippen LogP contribution in [0, 0.1) is 6.42 Å². The molecular weight excluding hydrogens is 134 g/mol. The van der Waals surface area contributed by atoms with E-state index >= 15 is 0 Å². The van der Waals surface area contributed by atoms with Crippen molar-refractivity contribution in [3.63, 3.8) is 0 Å². The van der Waals surface area contributed by atoms with Gasteiger partial charge in [-0.1, -0.05) is 6.07 Å². The standard InChI is InChI=1S/C10H12N/c1-2-5-9(4-1)10-6-3-7-11-8-10/h1,3,6-9H,2,4-5H2. The first-order valence-corrected chi connectivity index (χ1v) is 4.18.